The molecule has 8 nitrogen and oxygen atoms in total. The highest BCUT2D eigenvalue weighted by molar-refractivity contribution is 7.11. The first kappa shape index (κ1) is 37.4. The van der Waals surface area contributed by atoms with Crippen molar-refractivity contribution < 1.29 is 28.5 Å². The standard InChI is InChI=1S/C40H50FN3O5S/c1-25-27(3)50-33(43-25)24-47-23-32-35(29-11-15-31(16-12-29)48-22-17-28-9-13-30(41)14-10-28)36(44-20-18-40(7,8)19-21-44)34(26(2)42-32)37(38(45)46)49-39(4,5)6/h9-16,37H,17-24H2,1-8H3,(H,45,46)/t37-/m0/s1. The molecule has 0 spiro atoms. The number of aliphatic carboxylic acids is 1. The molecule has 2 aromatic carbocycles. The Labute approximate surface area is 299 Å². The first-order valence-electron chi connectivity index (χ1n) is 17.3. The Bertz CT molecular complexity index is 1750. The van der Waals surface area contributed by atoms with Crippen molar-refractivity contribution in [3.63, 3.8) is 0 Å². The molecule has 0 aliphatic carbocycles. The molecule has 10 heteroatoms. The second-order valence-corrected chi connectivity index (χ2v) is 16.2. The summed E-state index contributed by atoms with van der Waals surface area (Å²) in [5.74, 6) is -0.619. The molecule has 5 rings (SSSR count). The van der Waals surface area contributed by atoms with Gasteiger partial charge in [-0.2, -0.15) is 0 Å². The van der Waals surface area contributed by atoms with Gasteiger partial charge in [-0.15, -0.1) is 11.3 Å². The monoisotopic (exact) mass is 703 g/mol. The minimum Gasteiger partial charge on any atom is -0.493 e. The van der Waals surface area contributed by atoms with Crippen molar-refractivity contribution in [3.8, 4) is 16.9 Å². The van der Waals surface area contributed by atoms with E-state index in [1.54, 1.807) is 23.5 Å². The normalized spacial score (nSPS) is 15.3. The Hall–Kier alpha value is -3.86. The largest absolute Gasteiger partial charge is 0.493 e. The van der Waals surface area contributed by atoms with E-state index in [2.05, 4.69) is 30.7 Å². The molecule has 268 valence electrons. The maximum atomic E-state index is 13.3. The highest BCUT2D eigenvalue weighted by Crippen LogP contribution is 2.45. The molecule has 0 saturated carbocycles. The minimum absolute atomic E-state index is 0.176. The van der Waals surface area contributed by atoms with Crippen molar-refractivity contribution >= 4 is 23.0 Å². The number of nitrogens with zero attached hydrogens (tertiary/aromatic N) is 3. The van der Waals surface area contributed by atoms with Gasteiger partial charge in [-0.1, -0.05) is 38.1 Å². The molecule has 1 aliphatic rings. The highest BCUT2D eigenvalue weighted by Gasteiger charge is 2.37. The predicted octanol–water partition coefficient (Wildman–Crippen LogP) is 9.17. The van der Waals surface area contributed by atoms with Crippen molar-refractivity contribution in [2.45, 2.75) is 99.6 Å². The quantitative estimate of drug-likeness (QED) is 0.147. The fraction of sp³-hybridized carbons (Fsp3) is 0.475. The Balaban J connectivity index is 1.57. The summed E-state index contributed by atoms with van der Waals surface area (Å²) in [5.41, 5.74) is 5.89. The fourth-order valence-electron chi connectivity index (χ4n) is 6.22. The number of carbonyl (C=O) groups is 1. The van der Waals surface area contributed by atoms with E-state index >= 15 is 0 Å². The molecular weight excluding hydrogens is 654 g/mol. The van der Waals surface area contributed by atoms with E-state index in [1.165, 1.54) is 12.1 Å². The molecule has 0 unspecified atom stereocenters. The lowest BCUT2D eigenvalue weighted by Crippen LogP contribution is -2.39. The molecule has 3 heterocycles. The van der Waals surface area contributed by atoms with Gasteiger partial charge in [0.25, 0.3) is 0 Å². The van der Waals surface area contributed by atoms with Crippen LogP contribution in [0, 0.1) is 32.0 Å². The lowest BCUT2D eigenvalue weighted by atomic mass is 9.81. The zero-order valence-corrected chi connectivity index (χ0v) is 31.4. The van der Waals surface area contributed by atoms with E-state index in [0.29, 0.717) is 36.6 Å². The third kappa shape index (κ3) is 9.47. The van der Waals surface area contributed by atoms with Gasteiger partial charge < -0.3 is 24.2 Å². The number of piperidine rings is 1. The Morgan fingerprint density at radius 2 is 1.64 bits per heavy atom. The van der Waals surface area contributed by atoms with Gasteiger partial charge in [0.2, 0.25) is 0 Å². The molecule has 1 atom stereocenters. The summed E-state index contributed by atoms with van der Waals surface area (Å²) in [6, 6.07) is 14.3. The summed E-state index contributed by atoms with van der Waals surface area (Å²) in [5, 5.41) is 11.5. The number of hydrogen-bond acceptors (Lipinski definition) is 8. The Morgan fingerprint density at radius 1 is 0.980 bits per heavy atom. The number of rotatable bonds is 13. The van der Waals surface area contributed by atoms with E-state index in [9.17, 15) is 14.3 Å². The number of halogens is 1. The predicted molar refractivity (Wildman–Crippen MR) is 197 cm³/mol. The maximum Gasteiger partial charge on any atom is 0.337 e. The van der Waals surface area contributed by atoms with Crippen molar-refractivity contribution in [3.05, 3.63) is 92.4 Å². The van der Waals surface area contributed by atoms with E-state index in [4.69, 9.17) is 19.2 Å². The lowest BCUT2D eigenvalue weighted by Gasteiger charge is -2.41. The number of carboxylic acid groups (broad SMARTS) is 1. The first-order valence-corrected chi connectivity index (χ1v) is 18.1. The van der Waals surface area contributed by atoms with Crippen LogP contribution < -0.4 is 9.64 Å². The number of anilines is 1. The average molecular weight is 704 g/mol. The molecule has 1 fully saturated rings. The summed E-state index contributed by atoms with van der Waals surface area (Å²) in [7, 11) is 0. The van der Waals surface area contributed by atoms with Gasteiger partial charge in [-0.3, -0.25) is 4.98 Å². The van der Waals surface area contributed by atoms with Crippen molar-refractivity contribution in [2.24, 2.45) is 5.41 Å². The zero-order chi connectivity index (χ0) is 36.2. The summed E-state index contributed by atoms with van der Waals surface area (Å²) in [6.45, 7) is 18.6. The Kier molecular flexibility index (Phi) is 11.7. The van der Waals surface area contributed by atoms with Crippen LogP contribution in [0.25, 0.3) is 11.1 Å². The number of aromatic nitrogens is 2. The van der Waals surface area contributed by atoms with E-state index in [1.807, 2.05) is 58.9 Å². The van der Waals surface area contributed by atoms with Crippen LogP contribution in [0.15, 0.2) is 48.5 Å². The van der Waals surface area contributed by atoms with Crippen LogP contribution in [-0.4, -0.2) is 46.3 Å². The lowest BCUT2D eigenvalue weighted by molar-refractivity contribution is -0.160. The van der Waals surface area contributed by atoms with Crippen LogP contribution >= 0.6 is 11.3 Å². The fourth-order valence-corrected chi connectivity index (χ4v) is 7.10. The number of thiazole rings is 1. The van der Waals surface area contributed by atoms with Crippen LogP contribution in [0.1, 0.15) is 91.7 Å². The van der Waals surface area contributed by atoms with Gasteiger partial charge in [0.05, 0.1) is 42.5 Å². The number of hydrogen-bond donors (Lipinski definition) is 1. The molecule has 0 bridgehead atoms. The van der Waals surface area contributed by atoms with E-state index < -0.39 is 17.7 Å². The molecule has 4 aromatic rings. The smallest absolute Gasteiger partial charge is 0.337 e. The summed E-state index contributed by atoms with van der Waals surface area (Å²) < 4.78 is 32.0. The molecule has 2 aromatic heterocycles. The van der Waals surface area contributed by atoms with Gasteiger partial charge in [0.15, 0.2) is 6.10 Å². The molecule has 0 radical (unpaired) electrons. The average Bonchev–Trinajstić information content (AvgIpc) is 3.37. The van der Waals surface area contributed by atoms with Crippen LogP contribution in [0.3, 0.4) is 0 Å². The van der Waals surface area contributed by atoms with Gasteiger partial charge in [-0.25, -0.2) is 14.2 Å². The maximum absolute atomic E-state index is 13.3. The number of carboxylic acids is 1. The zero-order valence-electron chi connectivity index (χ0n) is 30.6. The van der Waals surface area contributed by atoms with Crippen molar-refractivity contribution in [1.29, 1.82) is 0 Å². The summed E-state index contributed by atoms with van der Waals surface area (Å²) in [6.07, 6.45) is 1.34. The van der Waals surface area contributed by atoms with Crippen LogP contribution in [0.5, 0.6) is 5.75 Å². The van der Waals surface area contributed by atoms with Crippen LogP contribution in [-0.2, 0) is 33.9 Å². The Morgan fingerprint density at radius 3 is 2.22 bits per heavy atom. The molecule has 1 N–H and O–H groups in total. The van der Waals surface area contributed by atoms with E-state index in [-0.39, 0.29) is 17.8 Å². The third-order valence-electron chi connectivity index (χ3n) is 9.12. The molecule has 50 heavy (non-hydrogen) atoms. The topological polar surface area (TPSA) is 94.0 Å². The highest BCUT2D eigenvalue weighted by atomic mass is 32.1. The summed E-state index contributed by atoms with van der Waals surface area (Å²) >= 11 is 1.62. The number of pyridine rings is 1. The van der Waals surface area contributed by atoms with Crippen LogP contribution in [0.4, 0.5) is 10.1 Å². The summed E-state index contributed by atoms with van der Waals surface area (Å²) in [4.78, 5) is 26.2. The van der Waals surface area contributed by atoms with Gasteiger partial charge in [0.1, 0.15) is 16.6 Å². The molecule has 1 aliphatic heterocycles. The van der Waals surface area contributed by atoms with Gasteiger partial charge in [0, 0.05) is 41.2 Å². The van der Waals surface area contributed by atoms with Crippen molar-refractivity contribution in [1.82, 2.24) is 9.97 Å². The second-order valence-electron chi connectivity index (χ2n) is 14.9. The minimum atomic E-state index is -1.23. The van der Waals surface area contributed by atoms with E-state index in [0.717, 1.165) is 69.6 Å². The van der Waals surface area contributed by atoms with Gasteiger partial charge in [-0.05, 0) is 95.2 Å². The molecule has 0 amide bonds. The van der Waals surface area contributed by atoms with Crippen LogP contribution in [0.2, 0.25) is 0 Å². The SMILES string of the molecule is Cc1nc(COCc2nc(C)c([C@H](OC(C)(C)C)C(=O)O)c(N3CCC(C)(C)CC3)c2-c2ccc(OCCc3ccc(F)cc3)cc2)sc1C. The number of ether oxygens (including phenoxy) is 3. The second kappa shape index (κ2) is 15.6. The molecule has 1 saturated heterocycles. The van der Waals surface area contributed by atoms with Crippen molar-refractivity contribution in [2.75, 3.05) is 24.6 Å². The third-order valence-corrected chi connectivity index (χ3v) is 10.2. The van der Waals surface area contributed by atoms with Gasteiger partial charge >= 0.3 is 5.97 Å². The molecular formula is C40H50FN3O5S. The number of benzene rings is 2. The number of aryl methyl sites for hydroxylation is 3. The first-order chi connectivity index (χ1) is 23.6.